The van der Waals surface area contributed by atoms with E-state index in [4.69, 9.17) is 9.47 Å². The summed E-state index contributed by atoms with van der Waals surface area (Å²) in [5.74, 6) is 0.934. The highest BCUT2D eigenvalue weighted by molar-refractivity contribution is 6.06. The van der Waals surface area contributed by atoms with Crippen LogP contribution in [0.4, 0.5) is 24.5 Å². The Morgan fingerprint density at radius 2 is 1.80 bits per heavy atom. The van der Waals surface area contributed by atoms with Crippen LogP contribution in [0.25, 0.3) is 5.69 Å². The lowest BCUT2D eigenvalue weighted by Crippen LogP contribution is -2.26. The van der Waals surface area contributed by atoms with Crippen molar-refractivity contribution in [1.29, 1.82) is 0 Å². The van der Waals surface area contributed by atoms with Crippen LogP contribution in [0, 0.1) is 0 Å². The first-order valence-corrected chi connectivity index (χ1v) is 14.3. The van der Waals surface area contributed by atoms with E-state index in [1.807, 2.05) is 31.4 Å². The minimum Gasteiger partial charge on any atom is -0.493 e. The van der Waals surface area contributed by atoms with E-state index in [1.165, 1.54) is 17.0 Å². The summed E-state index contributed by atoms with van der Waals surface area (Å²) < 4.78 is 52.6. The van der Waals surface area contributed by atoms with Crippen LogP contribution in [0.1, 0.15) is 56.2 Å². The first kappa shape index (κ1) is 29.2. The van der Waals surface area contributed by atoms with Crippen molar-refractivity contribution in [2.24, 2.45) is 0 Å². The van der Waals surface area contributed by atoms with Gasteiger partial charge in [0.2, 0.25) is 0 Å². The average molecular weight is 606 g/mol. The van der Waals surface area contributed by atoms with Gasteiger partial charge in [-0.25, -0.2) is 4.68 Å². The van der Waals surface area contributed by atoms with E-state index in [2.05, 4.69) is 15.4 Å². The van der Waals surface area contributed by atoms with Crippen molar-refractivity contribution in [2.75, 3.05) is 37.5 Å². The SMILES string of the molecule is CN(C(=O)c1cccc(-n2nc(C(F)(F)F)c3c2C(=O)CCC3)c1)c1ccc2c(c1)OCC2.CNc1cnc2c(c1)OCC2. The second-order valence-electron chi connectivity index (χ2n) is 10.7. The Morgan fingerprint density at radius 1 is 1.00 bits per heavy atom. The fraction of sp³-hybridized carbons (Fsp3) is 0.312. The molecule has 7 rings (SSSR count). The van der Waals surface area contributed by atoms with Gasteiger partial charge in [0.1, 0.15) is 17.2 Å². The number of hydrogen-bond acceptors (Lipinski definition) is 7. The van der Waals surface area contributed by atoms with E-state index in [0.717, 1.165) is 52.6 Å². The average Bonchev–Trinajstić information content (AvgIpc) is 3.78. The number of nitrogens with one attached hydrogen (secondary N) is 1. The van der Waals surface area contributed by atoms with Gasteiger partial charge in [0.05, 0.1) is 36.5 Å². The molecule has 0 bridgehead atoms. The van der Waals surface area contributed by atoms with E-state index >= 15 is 0 Å². The number of carbonyl (C=O) groups excluding carboxylic acids is 2. The van der Waals surface area contributed by atoms with Crippen molar-refractivity contribution in [3.63, 3.8) is 0 Å². The topological polar surface area (TPSA) is 98.6 Å². The number of hydrogen-bond donors (Lipinski definition) is 1. The zero-order valence-electron chi connectivity index (χ0n) is 24.2. The first-order valence-electron chi connectivity index (χ1n) is 14.3. The summed E-state index contributed by atoms with van der Waals surface area (Å²) in [4.78, 5) is 31.4. The molecule has 2 aromatic heterocycles. The van der Waals surface area contributed by atoms with Crippen LogP contribution >= 0.6 is 0 Å². The molecule has 4 aromatic rings. The van der Waals surface area contributed by atoms with Gasteiger partial charge in [-0.05, 0) is 42.7 Å². The molecule has 12 heteroatoms. The van der Waals surface area contributed by atoms with E-state index < -0.39 is 11.9 Å². The van der Waals surface area contributed by atoms with Crippen LogP contribution in [-0.4, -0.2) is 53.8 Å². The molecule has 0 atom stereocenters. The molecule has 0 saturated carbocycles. The second-order valence-corrected chi connectivity index (χ2v) is 10.7. The van der Waals surface area contributed by atoms with Crippen molar-refractivity contribution in [2.45, 2.75) is 38.3 Å². The van der Waals surface area contributed by atoms with Crippen LogP contribution < -0.4 is 19.7 Å². The molecule has 1 amide bonds. The molecular formula is C32H30F3N5O4. The quantitative estimate of drug-likeness (QED) is 0.320. The number of ketones is 1. The molecule has 228 valence electrons. The van der Waals surface area contributed by atoms with Gasteiger partial charge in [-0.15, -0.1) is 0 Å². The lowest BCUT2D eigenvalue weighted by atomic mass is 9.94. The molecule has 0 saturated heterocycles. The predicted molar refractivity (Wildman–Crippen MR) is 157 cm³/mol. The molecule has 4 heterocycles. The third-order valence-electron chi connectivity index (χ3n) is 7.87. The fourth-order valence-corrected chi connectivity index (χ4v) is 5.56. The smallest absolute Gasteiger partial charge is 0.435 e. The molecule has 1 aliphatic carbocycles. The number of pyridine rings is 1. The van der Waals surface area contributed by atoms with Crippen molar-refractivity contribution < 1.29 is 32.2 Å². The maximum Gasteiger partial charge on any atom is 0.435 e. The Balaban J connectivity index is 0.000000261. The Hall–Kier alpha value is -4.87. The number of anilines is 2. The molecule has 2 aliphatic heterocycles. The fourth-order valence-electron chi connectivity index (χ4n) is 5.56. The first-order chi connectivity index (χ1) is 21.1. The van der Waals surface area contributed by atoms with Gasteiger partial charge in [-0.1, -0.05) is 12.1 Å². The van der Waals surface area contributed by atoms with Gasteiger partial charge >= 0.3 is 6.18 Å². The van der Waals surface area contributed by atoms with Crippen molar-refractivity contribution >= 4 is 23.1 Å². The number of ether oxygens (including phenoxy) is 2. The standard InChI is InChI=1S/C24H20F3N3O3.C8H10N2O/c1-29(16-9-8-14-10-11-33-20(14)13-16)23(32)15-4-2-5-17(12-15)30-21-18(6-3-7-19(21)31)22(28-30)24(25,26)27;1-9-6-4-8-7(10-5-6)2-3-11-8/h2,4-5,8-9,12-13H,3,6-7,10-11H2,1H3;4-5,9H,2-3H2,1H3. The maximum absolute atomic E-state index is 13.6. The summed E-state index contributed by atoms with van der Waals surface area (Å²) in [6, 6.07) is 13.7. The van der Waals surface area contributed by atoms with Crippen LogP contribution in [0.5, 0.6) is 11.5 Å². The van der Waals surface area contributed by atoms with Crippen molar-refractivity contribution in [1.82, 2.24) is 14.8 Å². The van der Waals surface area contributed by atoms with E-state index in [0.29, 0.717) is 18.7 Å². The largest absolute Gasteiger partial charge is 0.493 e. The Kier molecular flexibility index (Phi) is 7.74. The maximum atomic E-state index is 13.6. The predicted octanol–water partition coefficient (Wildman–Crippen LogP) is 5.68. The minimum absolute atomic E-state index is 0.0534. The second kappa shape index (κ2) is 11.7. The van der Waals surface area contributed by atoms with Crippen LogP contribution in [-0.2, 0) is 25.4 Å². The van der Waals surface area contributed by atoms with Crippen LogP contribution in [0.15, 0.2) is 54.7 Å². The Labute approximate surface area is 251 Å². The normalized spacial score (nSPS) is 14.8. The summed E-state index contributed by atoms with van der Waals surface area (Å²) in [5.41, 5.74) is 3.11. The van der Waals surface area contributed by atoms with E-state index in [1.54, 1.807) is 25.2 Å². The van der Waals surface area contributed by atoms with Gasteiger partial charge in [0.15, 0.2) is 11.5 Å². The van der Waals surface area contributed by atoms with Gasteiger partial charge in [0, 0.05) is 62.3 Å². The summed E-state index contributed by atoms with van der Waals surface area (Å²) in [7, 11) is 3.49. The molecule has 44 heavy (non-hydrogen) atoms. The molecule has 2 aromatic carbocycles. The number of amides is 1. The van der Waals surface area contributed by atoms with Crippen molar-refractivity contribution in [3.05, 3.63) is 88.5 Å². The van der Waals surface area contributed by atoms with Crippen molar-refractivity contribution in [3.8, 4) is 17.2 Å². The Morgan fingerprint density at radius 3 is 2.59 bits per heavy atom. The third-order valence-corrected chi connectivity index (χ3v) is 7.87. The summed E-state index contributed by atoms with van der Waals surface area (Å²) in [6.45, 7) is 1.38. The number of nitrogens with zero attached hydrogens (tertiary/aromatic N) is 4. The molecular weight excluding hydrogens is 575 g/mol. The minimum atomic E-state index is -4.67. The lowest BCUT2D eigenvalue weighted by Gasteiger charge is -2.19. The molecule has 0 fully saturated rings. The lowest BCUT2D eigenvalue weighted by molar-refractivity contribution is -0.142. The van der Waals surface area contributed by atoms with Gasteiger partial charge in [0.25, 0.3) is 5.91 Å². The molecule has 0 spiro atoms. The Bertz CT molecular complexity index is 1750. The zero-order valence-corrected chi connectivity index (χ0v) is 24.2. The number of carbonyl (C=O) groups is 2. The van der Waals surface area contributed by atoms with Crippen LogP contribution in [0.2, 0.25) is 0 Å². The summed E-state index contributed by atoms with van der Waals surface area (Å²) in [5, 5.41) is 6.77. The number of rotatable bonds is 4. The number of aromatic nitrogens is 3. The molecule has 3 aliphatic rings. The van der Waals surface area contributed by atoms with Crippen LogP contribution in [0.3, 0.4) is 0 Å². The highest BCUT2D eigenvalue weighted by Gasteiger charge is 2.41. The number of Topliss-reactive ketones (excluding diaryl/α,β-unsaturated/α-hetero) is 1. The van der Waals surface area contributed by atoms with E-state index in [-0.39, 0.29) is 47.0 Å². The number of alkyl halides is 3. The van der Waals surface area contributed by atoms with Gasteiger partial charge in [-0.2, -0.15) is 18.3 Å². The number of fused-ring (bicyclic) bond motifs is 3. The van der Waals surface area contributed by atoms with E-state index in [9.17, 15) is 22.8 Å². The summed E-state index contributed by atoms with van der Waals surface area (Å²) in [6.07, 6.45) is -0.422. The molecule has 9 nitrogen and oxygen atoms in total. The molecule has 0 unspecified atom stereocenters. The monoisotopic (exact) mass is 605 g/mol. The summed E-state index contributed by atoms with van der Waals surface area (Å²) >= 11 is 0. The van der Waals surface area contributed by atoms with Gasteiger partial charge < -0.3 is 19.7 Å². The highest BCUT2D eigenvalue weighted by atomic mass is 19.4. The highest BCUT2D eigenvalue weighted by Crippen LogP contribution is 2.37. The zero-order chi connectivity index (χ0) is 31.0. The number of benzene rings is 2. The molecule has 1 N–H and O–H groups in total. The number of halogens is 3. The third kappa shape index (κ3) is 5.59. The molecule has 0 radical (unpaired) electrons. The van der Waals surface area contributed by atoms with Gasteiger partial charge in [-0.3, -0.25) is 14.6 Å².